The van der Waals surface area contributed by atoms with Crippen LogP contribution < -0.4 is 10.6 Å². The molecule has 1 aliphatic heterocycles. The van der Waals surface area contributed by atoms with Crippen molar-refractivity contribution in [2.75, 3.05) is 33.3 Å². The first-order valence-electron chi connectivity index (χ1n) is 9.24. The number of hydrogen-bond acceptors (Lipinski definition) is 4. The fourth-order valence-electron chi connectivity index (χ4n) is 3.25. The second-order valence-corrected chi connectivity index (χ2v) is 7.99. The van der Waals surface area contributed by atoms with Gasteiger partial charge < -0.3 is 15.4 Å². The molecule has 0 amide bonds. The SMILES string of the molecule is CN=C(NCc1ccccc1Cl)NCC(c1cccs1)N1CCOC(C)C1.I. The molecule has 0 radical (unpaired) electrons. The summed E-state index contributed by atoms with van der Waals surface area (Å²) in [6, 6.07) is 12.5. The van der Waals surface area contributed by atoms with Crippen LogP contribution in [0, 0.1) is 0 Å². The Morgan fingerprint density at radius 2 is 2.14 bits per heavy atom. The summed E-state index contributed by atoms with van der Waals surface area (Å²) in [6.45, 7) is 6.22. The monoisotopic (exact) mass is 534 g/mol. The van der Waals surface area contributed by atoms with Crippen LogP contribution in [0.2, 0.25) is 5.02 Å². The van der Waals surface area contributed by atoms with E-state index < -0.39 is 0 Å². The number of guanidine groups is 1. The number of aliphatic imine (C=N–C) groups is 1. The standard InChI is InChI=1S/C20H27ClN4OS.HI/c1-15-14-25(9-10-26-15)18(19-8-5-11-27-19)13-24-20(22-2)23-12-16-6-3-4-7-17(16)21;/h3-8,11,15,18H,9-10,12-14H2,1-2H3,(H2,22,23,24);1H. The number of thiophene rings is 1. The molecule has 2 atom stereocenters. The number of benzene rings is 1. The zero-order chi connectivity index (χ0) is 19.1. The van der Waals surface area contributed by atoms with Gasteiger partial charge in [0.2, 0.25) is 0 Å². The molecule has 28 heavy (non-hydrogen) atoms. The number of nitrogens with zero attached hydrogens (tertiary/aromatic N) is 2. The maximum Gasteiger partial charge on any atom is 0.191 e. The Kier molecular flexibility index (Phi) is 10.0. The molecule has 1 fully saturated rings. The second kappa shape index (κ2) is 12.0. The maximum atomic E-state index is 6.24. The summed E-state index contributed by atoms with van der Waals surface area (Å²) in [5.41, 5.74) is 1.05. The molecule has 5 nitrogen and oxygen atoms in total. The summed E-state index contributed by atoms with van der Waals surface area (Å²) in [4.78, 5) is 8.21. The van der Waals surface area contributed by atoms with Gasteiger partial charge in [0.05, 0.1) is 18.8 Å². The van der Waals surface area contributed by atoms with Gasteiger partial charge in [0, 0.05) is 43.1 Å². The van der Waals surface area contributed by atoms with Gasteiger partial charge in [-0.1, -0.05) is 35.9 Å². The first-order chi connectivity index (χ1) is 13.2. The highest BCUT2D eigenvalue weighted by Gasteiger charge is 2.26. The van der Waals surface area contributed by atoms with E-state index in [-0.39, 0.29) is 30.1 Å². The van der Waals surface area contributed by atoms with Crippen LogP contribution in [-0.4, -0.2) is 50.3 Å². The van der Waals surface area contributed by atoms with Crippen molar-refractivity contribution in [3.8, 4) is 0 Å². The Balaban J connectivity index is 0.00000280. The summed E-state index contributed by atoms with van der Waals surface area (Å²) >= 11 is 8.04. The van der Waals surface area contributed by atoms with Gasteiger partial charge in [-0.15, -0.1) is 35.3 Å². The van der Waals surface area contributed by atoms with Gasteiger partial charge in [0.1, 0.15) is 0 Å². The van der Waals surface area contributed by atoms with Crippen LogP contribution in [0.5, 0.6) is 0 Å². The molecule has 2 N–H and O–H groups in total. The summed E-state index contributed by atoms with van der Waals surface area (Å²) in [5.74, 6) is 0.776. The minimum atomic E-state index is 0. The number of hydrogen-bond donors (Lipinski definition) is 2. The van der Waals surface area contributed by atoms with E-state index >= 15 is 0 Å². The first kappa shape index (κ1) is 23.4. The van der Waals surface area contributed by atoms with E-state index in [1.165, 1.54) is 4.88 Å². The molecule has 1 saturated heterocycles. The molecular formula is C20H28ClIN4OS. The van der Waals surface area contributed by atoms with Gasteiger partial charge in [0.15, 0.2) is 5.96 Å². The predicted octanol–water partition coefficient (Wildman–Crippen LogP) is 4.15. The summed E-state index contributed by atoms with van der Waals surface area (Å²) in [5, 5.41) is 9.73. The molecule has 1 aliphatic rings. The third kappa shape index (κ3) is 6.59. The van der Waals surface area contributed by atoms with Crippen LogP contribution in [0.25, 0.3) is 0 Å². The molecule has 1 aromatic carbocycles. The Morgan fingerprint density at radius 3 is 2.82 bits per heavy atom. The number of halogens is 2. The average Bonchev–Trinajstić information content (AvgIpc) is 3.20. The van der Waals surface area contributed by atoms with Crippen LogP contribution in [0.3, 0.4) is 0 Å². The van der Waals surface area contributed by atoms with Gasteiger partial charge in [-0.05, 0) is 30.0 Å². The lowest BCUT2D eigenvalue weighted by atomic mass is 10.1. The molecular weight excluding hydrogens is 507 g/mol. The minimum absolute atomic E-state index is 0. The van der Waals surface area contributed by atoms with Crippen molar-refractivity contribution >= 4 is 52.9 Å². The molecule has 8 heteroatoms. The van der Waals surface area contributed by atoms with E-state index in [0.717, 1.165) is 42.8 Å². The molecule has 0 saturated carbocycles. The van der Waals surface area contributed by atoms with E-state index in [0.29, 0.717) is 12.6 Å². The van der Waals surface area contributed by atoms with E-state index in [4.69, 9.17) is 16.3 Å². The third-order valence-corrected chi connectivity index (χ3v) is 6.02. The average molecular weight is 535 g/mol. The summed E-state index contributed by atoms with van der Waals surface area (Å²) in [7, 11) is 1.79. The molecule has 2 aromatic rings. The topological polar surface area (TPSA) is 48.9 Å². The van der Waals surface area contributed by atoms with Gasteiger partial charge in [-0.3, -0.25) is 9.89 Å². The van der Waals surface area contributed by atoms with E-state index in [1.54, 1.807) is 18.4 Å². The van der Waals surface area contributed by atoms with Gasteiger partial charge in [-0.2, -0.15) is 0 Å². The van der Waals surface area contributed by atoms with E-state index in [1.807, 2.05) is 24.3 Å². The van der Waals surface area contributed by atoms with Crippen molar-refractivity contribution < 1.29 is 4.74 Å². The van der Waals surface area contributed by atoms with E-state index in [2.05, 4.69) is 45.0 Å². The van der Waals surface area contributed by atoms with Crippen molar-refractivity contribution in [1.29, 1.82) is 0 Å². The van der Waals surface area contributed by atoms with Crippen molar-refractivity contribution in [2.45, 2.75) is 25.6 Å². The third-order valence-electron chi connectivity index (χ3n) is 4.68. The second-order valence-electron chi connectivity index (χ2n) is 6.61. The Bertz CT molecular complexity index is 744. The highest BCUT2D eigenvalue weighted by molar-refractivity contribution is 14.0. The van der Waals surface area contributed by atoms with Crippen LogP contribution in [0.1, 0.15) is 23.4 Å². The van der Waals surface area contributed by atoms with Crippen molar-refractivity contribution in [2.24, 2.45) is 4.99 Å². The van der Waals surface area contributed by atoms with Gasteiger partial charge >= 0.3 is 0 Å². The molecule has 2 unspecified atom stereocenters. The van der Waals surface area contributed by atoms with Crippen LogP contribution in [0.15, 0.2) is 46.8 Å². The first-order valence-corrected chi connectivity index (χ1v) is 10.5. The lowest BCUT2D eigenvalue weighted by Gasteiger charge is -2.37. The zero-order valence-electron chi connectivity index (χ0n) is 16.2. The van der Waals surface area contributed by atoms with Crippen molar-refractivity contribution in [3.05, 3.63) is 57.2 Å². The number of morpholine rings is 1. The number of ether oxygens (including phenoxy) is 1. The molecule has 3 rings (SSSR count). The molecule has 2 heterocycles. The summed E-state index contributed by atoms with van der Waals surface area (Å²) in [6.07, 6.45) is 0.263. The fourth-order valence-corrected chi connectivity index (χ4v) is 4.32. The lowest BCUT2D eigenvalue weighted by molar-refractivity contribution is -0.0334. The number of rotatable bonds is 6. The quantitative estimate of drug-likeness (QED) is 0.332. The van der Waals surface area contributed by atoms with E-state index in [9.17, 15) is 0 Å². The normalized spacial score (nSPS) is 19.0. The maximum absolute atomic E-state index is 6.24. The molecule has 0 bridgehead atoms. The lowest BCUT2D eigenvalue weighted by Crippen LogP contribution is -2.47. The van der Waals surface area contributed by atoms with Gasteiger partial charge in [-0.25, -0.2) is 0 Å². The van der Waals surface area contributed by atoms with Gasteiger partial charge in [0.25, 0.3) is 0 Å². The Morgan fingerprint density at radius 1 is 1.32 bits per heavy atom. The minimum Gasteiger partial charge on any atom is -0.376 e. The van der Waals surface area contributed by atoms with Crippen LogP contribution in [-0.2, 0) is 11.3 Å². The smallest absolute Gasteiger partial charge is 0.191 e. The zero-order valence-corrected chi connectivity index (χ0v) is 20.1. The van der Waals surface area contributed by atoms with Crippen molar-refractivity contribution in [3.63, 3.8) is 0 Å². The molecule has 0 spiro atoms. The molecule has 154 valence electrons. The summed E-state index contributed by atoms with van der Waals surface area (Å²) < 4.78 is 5.71. The van der Waals surface area contributed by atoms with Crippen LogP contribution in [0.4, 0.5) is 0 Å². The Hall–Kier alpha value is -0.870. The largest absolute Gasteiger partial charge is 0.376 e. The number of nitrogens with one attached hydrogen (secondary N) is 2. The fraction of sp³-hybridized carbons (Fsp3) is 0.450. The molecule has 1 aromatic heterocycles. The predicted molar refractivity (Wildman–Crippen MR) is 129 cm³/mol. The highest BCUT2D eigenvalue weighted by Crippen LogP contribution is 2.26. The Labute approximate surface area is 193 Å². The van der Waals surface area contributed by atoms with Crippen molar-refractivity contribution in [1.82, 2.24) is 15.5 Å². The highest BCUT2D eigenvalue weighted by atomic mass is 127. The molecule has 0 aliphatic carbocycles. The van der Waals surface area contributed by atoms with Crippen LogP contribution >= 0.6 is 46.9 Å².